The van der Waals surface area contributed by atoms with Crippen LogP contribution in [0.15, 0.2) is 24.4 Å². The second kappa shape index (κ2) is 5.75. The molecule has 20 heavy (non-hydrogen) atoms. The van der Waals surface area contributed by atoms with Crippen LogP contribution in [0.4, 0.5) is 11.5 Å². The molecule has 1 heterocycles. The third-order valence-corrected chi connectivity index (χ3v) is 2.91. The quantitative estimate of drug-likeness (QED) is 0.901. The number of benzene rings is 1. The highest BCUT2D eigenvalue weighted by molar-refractivity contribution is 6.32. The van der Waals surface area contributed by atoms with E-state index in [0.29, 0.717) is 22.1 Å². The number of methoxy groups -OCH3 is 1. The summed E-state index contributed by atoms with van der Waals surface area (Å²) < 4.78 is 4.91. The Morgan fingerprint density at radius 3 is 2.85 bits per heavy atom. The van der Waals surface area contributed by atoms with Crippen molar-refractivity contribution < 1.29 is 14.6 Å². The summed E-state index contributed by atoms with van der Waals surface area (Å²) in [5.41, 5.74) is 1.46. The van der Waals surface area contributed by atoms with Crippen LogP contribution in [-0.2, 0) is 0 Å². The Balaban J connectivity index is 2.35. The SMILES string of the molecule is COc1ncc(Cl)c(Nc2ccc(C)c(C(=O)O)c2)n1. The highest BCUT2D eigenvalue weighted by Gasteiger charge is 2.10. The van der Waals surface area contributed by atoms with Crippen molar-refractivity contribution in [3.8, 4) is 6.01 Å². The number of carboxylic acids is 1. The molecule has 0 amide bonds. The molecule has 104 valence electrons. The first-order chi connectivity index (χ1) is 9.51. The fourth-order valence-corrected chi connectivity index (χ4v) is 1.74. The molecule has 7 heteroatoms. The van der Waals surface area contributed by atoms with Crippen LogP contribution in [-0.4, -0.2) is 28.2 Å². The molecule has 0 unspecified atom stereocenters. The van der Waals surface area contributed by atoms with Gasteiger partial charge in [0.2, 0.25) is 0 Å². The van der Waals surface area contributed by atoms with Crippen molar-refractivity contribution >= 4 is 29.1 Å². The normalized spacial score (nSPS) is 10.2. The Morgan fingerprint density at radius 2 is 2.20 bits per heavy atom. The smallest absolute Gasteiger partial charge is 0.336 e. The van der Waals surface area contributed by atoms with Crippen LogP contribution in [0.1, 0.15) is 15.9 Å². The first kappa shape index (κ1) is 14.1. The molecule has 0 atom stereocenters. The molecule has 0 aliphatic carbocycles. The summed E-state index contributed by atoms with van der Waals surface area (Å²) in [5, 5.41) is 12.3. The first-order valence-corrected chi connectivity index (χ1v) is 6.06. The molecule has 1 aromatic heterocycles. The molecule has 2 rings (SSSR count). The Bertz CT molecular complexity index is 661. The zero-order valence-electron chi connectivity index (χ0n) is 10.8. The highest BCUT2D eigenvalue weighted by Crippen LogP contribution is 2.25. The van der Waals surface area contributed by atoms with E-state index in [9.17, 15) is 4.79 Å². The number of hydrogen-bond acceptors (Lipinski definition) is 5. The summed E-state index contributed by atoms with van der Waals surface area (Å²) in [4.78, 5) is 19.0. The lowest BCUT2D eigenvalue weighted by Crippen LogP contribution is -2.03. The van der Waals surface area contributed by atoms with E-state index in [2.05, 4.69) is 15.3 Å². The predicted octanol–water partition coefficient (Wildman–Crippen LogP) is 2.89. The number of carbonyl (C=O) groups is 1. The van der Waals surface area contributed by atoms with Gasteiger partial charge in [-0.05, 0) is 24.6 Å². The van der Waals surface area contributed by atoms with Gasteiger partial charge in [0.25, 0.3) is 0 Å². The van der Waals surface area contributed by atoms with Gasteiger partial charge in [0.05, 0.1) is 18.9 Å². The minimum Gasteiger partial charge on any atom is -0.478 e. The second-order valence-electron chi connectivity index (χ2n) is 4.01. The van der Waals surface area contributed by atoms with E-state index in [4.69, 9.17) is 21.4 Å². The minimum absolute atomic E-state index is 0.169. The lowest BCUT2D eigenvalue weighted by molar-refractivity contribution is 0.0696. The summed E-state index contributed by atoms with van der Waals surface area (Å²) >= 11 is 5.98. The molecule has 2 N–H and O–H groups in total. The van der Waals surface area contributed by atoms with E-state index in [-0.39, 0.29) is 11.6 Å². The maximum atomic E-state index is 11.1. The molecule has 0 aliphatic rings. The maximum Gasteiger partial charge on any atom is 0.336 e. The third kappa shape index (κ3) is 2.97. The molecule has 0 spiro atoms. The maximum absolute atomic E-state index is 11.1. The number of hydrogen-bond donors (Lipinski definition) is 2. The number of rotatable bonds is 4. The lowest BCUT2D eigenvalue weighted by Gasteiger charge is -2.10. The number of nitrogens with one attached hydrogen (secondary N) is 1. The standard InChI is InChI=1S/C13H12ClN3O3/c1-7-3-4-8(5-9(7)12(18)19)16-11-10(14)6-15-13(17-11)20-2/h3-6H,1-2H3,(H,18,19)(H,15,16,17). The number of aromatic nitrogens is 2. The third-order valence-electron chi connectivity index (χ3n) is 2.64. The number of aromatic carboxylic acids is 1. The number of carboxylic acid groups (broad SMARTS) is 1. The zero-order chi connectivity index (χ0) is 14.7. The first-order valence-electron chi connectivity index (χ1n) is 5.68. The largest absolute Gasteiger partial charge is 0.478 e. The average molecular weight is 294 g/mol. The molecule has 6 nitrogen and oxygen atoms in total. The second-order valence-corrected chi connectivity index (χ2v) is 4.42. The van der Waals surface area contributed by atoms with Crippen molar-refractivity contribution in [1.29, 1.82) is 0 Å². The van der Waals surface area contributed by atoms with E-state index >= 15 is 0 Å². The van der Waals surface area contributed by atoms with Gasteiger partial charge in [0.15, 0.2) is 5.82 Å². The summed E-state index contributed by atoms with van der Waals surface area (Å²) in [6.07, 6.45) is 1.40. The Morgan fingerprint density at radius 1 is 1.45 bits per heavy atom. The van der Waals surface area contributed by atoms with Gasteiger partial charge in [0.1, 0.15) is 5.02 Å². The molecule has 0 bridgehead atoms. The number of anilines is 2. The Labute approximate surface area is 120 Å². The summed E-state index contributed by atoms with van der Waals surface area (Å²) in [6.45, 7) is 1.73. The van der Waals surface area contributed by atoms with Crippen LogP contribution >= 0.6 is 11.6 Å². The molecule has 0 saturated carbocycles. The van der Waals surface area contributed by atoms with Crippen molar-refractivity contribution in [2.45, 2.75) is 6.92 Å². The summed E-state index contributed by atoms with van der Waals surface area (Å²) in [5.74, 6) is -0.642. The number of aryl methyl sites for hydroxylation is 1. The Hall–Kier alpha value is -2.34. The number of nitrogens with zero attached hydrogens (tertiary/aromatic N) is 2. The van der Waals surface area contributed by atoms with E-state index in [1.165, 1.54) is 19.4 Å². The summed E-state index contributed by atoms with van der Waals surface area (Å²) in [7, 11) is 1.45. The number of ether oxygens (including phenoxy) is 1. The van der Waals surface area contributed by atoms with Crippen LogP contribution in [0.2, 0.25) is 5.02 Å². The molecule has 2 aromatic rings. The summed E-state index contributed by atoms with van der Waals surface area (Å²) in [6, 6.07) is 5.13. The molecular weight excluding hydrogens is 282 g/mol. The molecule has 0 radical (unpaired) electrons. The van der Waals surface area contributed by atoms with Crippen LogP contribution in [0.5, 0.6) is 6.01 Å². The minimum atomic E-state index is -0.988. The van der Waals surface area contributed by atoms with E-state index < -0.39 is 5.97 Å². The van der Waals surface area contributed by atoms with E-state index in [1.54, 1.807) is 19.1 Å². The molecule has 0 fully saturated rings. The van der Waals surface area contributed by atoms with Crippen molar-refractivity contribution in [2.75, 3.05) is 12.4 Å². The van der Waals surface area contributed by atoms with Crippen LogP contribution in [0.3, 0.4) is 0 Å². The average Bonchev–Trinajstić information content (AvgIpc) is 2.43. The van der Waals surface area contributed by atoms with Gasteiger partial charge in [-0.1, -0.05) is 17.7 Å². The fraction of sp³-hybridized carbons (Fsp3) is 0.154. The van der Waals surface area contributed by atoms with Crippen molar-refractivity contribution in [3.05, 3.63) is 40.5 Å². The lowest BCUT2D eigenvalue weighted by atomic mass is 10.1. The predicted molar refractivity (Wildman–Crippen MR) is 75.0 cm³/mol. The van der Waals surface area contributed by atoms with Crippen molar-refractivity contribution in [2.24, 2.45) is 0 Å². The van der Waals surface area contributed by atoms with Gasteiger partial charge < -0.3 is 15.2 Å². The number of halogens is 1. The Kier molecular flexibility index (Phi) is 4.05. The fourth-order valence-electron chi connectivity index (χ4n) is 1.60. The van der Waals surface area contributed by atoms with Crippen LogP contribution < -0.4 is 10.1 Å². The topological polar surface area (TPSA) is 84.3 Å². The van der Waals surface area contributed by atoms with Crippen molar-refractivity contribution in [3.63, 3.8) is 0 Å². The van der Waals surface area contributed by atoms with Crippen molar-refractivity contribution in [1.82, 2.24) is 9.97 Å². The molecule has 0 saturated heterocycles. The van der Waals surface area contributed by atoms with Gasteiger partial charge in [-0.15, -0.1) is 0 Å². The van der Waals surface area contributed by atoms with E-state index in [1.807, 2.05) is 0 Å². The van der Waals surface area contributed by atoms with Gasteiger partial charge in [-0.2, -0.15) is 4.98 Å². The van der Waals surface area contributed by atoms with Crippen LogP contribution in [0.25, 0.3) is 0 Å². The molecule has 1 aromatic carbocycles. The van der Waals surface area contributed by atoms with Crippen LogP contribution in [0, 0.1) is 6.92 Å². The van der Waals surface area contributed by atoms with Gasteiger partial charge in [0, 0.05) is 5.69 Å². The molecule has 0 aliphatic heterocycles. The molecular formula is C13H12ClN3O3. The monoisotopic (exact) mass is 293 g/mol. The van der Waals surface area contributed by atoms with Gasteiger partial charge >= 0.3 is 12.0 Å². The highest BCUT2D eigenvalue weighted by atomic mass is 35.5. The van der Waals surface area contributed by atoms with Gasteiger partial charge in [-0.3, -0.25) is 0 Å². The van der Waals surface area contributed by atoms with Gasteiger partial charge in [-0.25, -0.2) is 9.78 Å². The van der Waals surface area contributed by atoms with E-state index in [0.717, 1.165) is 0 Å². The zero-order valence-corrected chi connectivity index (χ0v) is 11.6.